The topological polar surface area (TPSA) is 101 Å². The van der Waals surface area contributed by atoms with E-state index in [0.29, 0.717) is 5.56 Å². The maximum Gasteiger partial charge on any atom is 0.484 e. The number of rotatable bonds is 5. The van der Waals surface area contributed by atoms with Gasteiger partial charge in [0.2, 0.25) is 0 Å². The Morgan fingerprint density at radius 2 is 1.50 bits per heavy atom. The Kier molecular flexibility index (Phi) is 4.26. The van der Waals surface area contributed by atoms with E-state index in [1.165, 1.54) is 26.0 Å². The SMILES string of the molecule is CC(C)(NS(=O)(=O)C(F)(F)S(=O)(=O)O)c1ccccc1. The van der Waals surface area contributed by atoms with Crippen LogP contribution in [-0.2, 0) is 25.7 Å². The van der Waals surface area contributed by atoms with Gasteiger partial charge in [0.05, 0.1) is 5.54 Å². The van der Waals surface area contributed by atoms with Gasteiger partial charge in [0.15, 0.2) is 0 Å². The monoisotopic (exact) mass is 329 g/mol. The van der Waals surface area contributed by atoms with E-state index in [0.717, 1.165) is 0 Å². The highest BCUT2D eigenvalue weighted by molar-refractivity contribution is 8.06. The highest BCUT2D eigenvalue weighted by Crippen LogP contribution is 2.30. The zero-order valence-corrected chi connectivity index (χ0v) is 12.2. The van der Waals surface area contributed by atoms with E-state index in [1.54, 1.807) is 22.9 Å². The van der Waals surface area contributed by atoms with Crippen molar-refractivity contribution in [2.24, 2.45) is 0 Å². The second-order valence-corrected chi connectivity index (χ2v) is 7.98. The fourth-order valence-corrected chi connectivity index (χ4v) is 3.59. The average molecular weight is 329 g/mol. The molecule has 0 aliphatic heterocycles. The summed E-state index contributed by atoms with van der Waals surface area (Å²) in [5, 5.41) is 0. The summed E-state index contributed by atoms with van der Waals surface area (Å²) in [6.07, 6.45) is 0. The number of nitrogens with one attached hydrogen (secondary N) is 1. The first-order valence-corrected chi connectivity index (χ1v) is 8.17. The molecule has 0 fully saturated rings. The van der Waals surface area contributed by atoms with Crippen molar-refractivity contribution in [3.05, 3.63) is 35.9 Å². The van der Waals surface area contributed by atoms with Crippen molar-refractivity contribution >= 4 is 20.1 Å². The van der Waals surface area contributed by atoms with Crippen molar-refractivity contribution < 1.29 is 30.2 Å². The second kappa shape index (κ2) is 5.02. The molecule has 2 N–H and O–H groups in total. The Morgan fingerprint density at radius 3 is 1.90 bits per heavy atom. The van der Waals surface area contributed by atoms with Gasteiger partial charge < -0.3 is 0 Å². The Hall–Kier alpha value is -1.10. The second-order valence-electron chi connectivity index (χ2n) is 4.53. The fourth-order valence-electron chi connectivity index (χ4n) is 1.45. The van der Waals surface area contributed by atoms with Crippen molar-refractivity contribution in [2.45, 2.75) is 24.0 Å². The van der Waals surface area contributed by atoms with E-state index < -0.39 is 30.3 Å². The maximum absolute atomic E-state index is 13.3. The Bertz CT molecular complexity index is 684. The van der Waals surface area contributed by atoms with Crippen molar-refractivity contribution in [3.63, 3.8) is 0 Å². The molecular weight excluding hydrogens is 316 g/mol. The van der Waals surface area contributed by atoms with E-state index in [-0.39, 0.29) is 0 Å². The third-order valence-corrected chi connectivity index (χ3v) is 5.79. The Balaban J connectivity index is 3.22. The summed E-state index contributed by atoms with van der Waals surface area (Å²) in [4.78, 5) is 0. The zero-order valence-electron chi connectivity index (χ0n) is 10.5. The van der Waals surface area contributed by atoms with Gasteiger partial charge >= 0.3 is 14.7 Å². The lowest BCUT2D eigenvalue weighted by atomic mass is 9.96. The normalized spacial score (nSPS) is 14.2. The predicted octanol–water partition coefficient (Wildman–Crippen LogP) is 1.28. The van der Waals surface area contributed by atoms with Gasteiger partial charge in [0.1, 0.15) is 0 Å². The fraction of sp³-hybridized carbons (Fsp3) is 0.400. The average Bonchev–Trinajstić information content (AvgIpc) is 2.27. The molecule has 0 spiro atoms. The number of sulfonamides is 1. The van der Waals surface area contributed by atoms with Crippen LogP contribution in [0.4, 0.5) is 8.78 Å². The highest BCUT2D eigenvalue weighted by Gasteiger charge is 2.58. The molecule has 0 bridgehead atoms. The van der Waals surface area contributed by atoms with Crippen molar-refractivity contribution in [1.29, 1.82) is 0 Å². The van der Waals surface area contributed by atoms with Crippen molar-refractivity contribution in [1.82, 2.24) is 4.72 Å². The van der Waals surface area contributed by atoms with Gasteiger partial charge in [-0.3, -0.25) is 4.55 Å². The van der Waals surface area contributed by atoms with Gasteiger partial charge in [-0.05, 0) is 19.4 Å². The third kappa shape index (κ3) is 3.14. The van der Waals surface area contributed by atoms with E-state index in [1.807, 2.05) is 0 Å². The summed E-state index contributed by atoms with van der Waals surface area (Å²) in [5.41, 5.74) is -1.15. The molecular formula is C10H13F2NO5S2. The molecule has 10 heteroatoms. The van der Waals surface area contributed by atoms with Crippen LogP contribution >= 0.6 is 0 Å². The van der Waals surface area contributed by atoms with E-state index in [9.17, 15) is 25.6 Å². The smallest absolute Gasteiger partial charge is 0.280 e. The summed E-state index contributed by atoms with van der Waals surface area (Å²) >= 11 is 0. The lowest BCUT2D eigenvalue weighted by Crippen LogP contribution is -2.51. The number of alkyl halides is 2. The summed E-state index contributed by atoms with van der Waals surface area (Å²) in [7, 11) is -11.7. The summed E-state index contributed by atoms with van der Waals surface area (Å²) in [5.74, 6) is 0. The standard InChI is InChI=1S/C10H13F2NO5S2/c1-9(2,8-6-4-3-5-7-8)13-19(14,15)10(11,12)20(16,17)18/h3-7,13H,1-2H3,(H,16,17,18). The van der Waals surface area contributed by atoms with Crippen LogP contribution in [0.3, 0.4) is 0 Å². The Morgan fingerprint density at radius 1 is 1.05 bits per heavy atom. The van der Waals surface area contributed by atoms with Crippen LogP contribution in [0.1, 0.15) is 19.4 Å². The molecule has 1 rings (SSSR count). The predicted molar refractivity (Wildman–Crippen MR) is 68.0 cm³/mol. The van der Waals surface area contributed by atoms with Gasteiger partial charge in [-0.2, -0.15) is 21.9 Å². The quantitative estimate of drug-likeness (QED) is 0.793. The highest BCUT2D eigenvalue weighted by atomic mass is 32.3. The lowest BCUT2D eigenvalue weighted by Gasteiger charge is -2.28. The van der Waals surface area contributed by atoms with Crippen LogP contribution in [0, 0.1) is 0 Å². The lowest BCUT2D eigenvalue weighted by molar-refractivity contribution is 0.162. The third-order valence-electron chi connectivity index (χ3n) is 2.50. The van der Waals surface area contributed by atoms with Crippen molar-refractivity contribution in [3.8, 4) is 0 Å². The molecule has 0 saturated carbocycles. The van der Waals surface area contributed by atoms with E-state index >= 15 is 0 Å². The molecule has 0 amide bonds. The number of hydrogen-bond acceptors (Lipinski definition) is 4. The van der Waals surface area contributed by atoms with Crippen molar-refractivity contribution in [2.75, 3.05) is 0 Å². The summed E-state index contributed by atoms with van der Waals surface area (Å²) in [6.45, 7) is 2.56. The minimum Gasteiger partial charge on any atom is -0.280 e. The number of halogens is 2. The summed E-state index contributed by atoms with van der Waals surface area (Å²) < 4.78 is 75.1. The van der Waals surface area contributed by atoms with Crippen LogP contribution in [0.25, 0.3) is 0 Å². The molecule has 6 nitrogen and oxygen atoms in total. The molecule has 0 unspecified atom stereocenters. The summed E-state index contributed by atoms with van der Waals surface area (Å²) in [6, 6.07) is 7.72. The first-order chi connectivity index (χ1) is 8.81. The van der Waals surface area contributed by atoms with E-state index in [2.05, 4.69) is 0 Å². The molecule has 0 atom stereocenters. The minimum atomic E-state index is -6.10. The molecule has 0 aliphatic rings. The molecule has 1 aromatic rings. The number of benzene rings is 1. The number of hydrogen-bond donors (Lipinski definition) is 2. The van der Waals surface area contributed by atoms with Gasteiger partial charge in [-0.25, -0.2) is 8.42 Å². The van der Waals surface area contributed by atoms with Crippen LogP contribution in [0.15, 0.2) is 30.3 Å². The molecule has 114 valence electrons. The van der Waals surface area contributed by atoms with Gasteiger partial charge in [-0.1, -0.05) is 30.3 Å². The molecule has 0 radical (unpaired) electrons. The van der Waals surface area contributed by atoms with Crippen LogP contribution in [0.2, 0.25) is 0 Å². The van der Waals surface area contributed by atoms with Gasteiger partial charge in [0, 0.05) is 0 Å². The van der Waals surface area contributed by atoms with E-state index in [4.69, 9.17) is 4.55 Å². The minimum absolute atomic E-state index is 0.342. The van der Waals surface area contributed by atoms with Crippen LogP contribution in [0.5, 0.6) is 0 Å². The molecule has 1 aromatic carbocycles. The molecule has 0 aliphatic carbocycles. The van der Waals surface area contributed by atoms with Gasteiger partial charge in [-0.15, -0.1) is 0 Å². The molecule has 0 heterocycles. The first-order valence-electron chi connectivity index (χ1n) is 5.25. The molecule has 0 aromatic heterocycles. The van der Waals surface area contributed by atoms with Crippen LogP contribution < -0.4 is 4.72 Å². The molecule has 20 heavy (non-hydrogen) atoms. The molecule has 0 saturated heterocycles. The largest absolute Gasteiger partial charge is 0.484 e. The van der Waals surface area contributed by atoms with Crippen LogP contribution in [-0.4, -0.2) is 26.0 Å². The maximum atomic E-state index is 13.3. The first kappa shape index (κ1) is 17.0. The Labute approximate surface area is 115 Å². The van der Waals surface area contributed by atoms with Gasteiger partial charge in [0.25, 0.3) is 10.0 Å². The zero-order chi connectivity index (χ0) is 15.8.